The zero-order valence-corrected chi connectivity index (χ0v) is 11.4. The van der Waals surface area contributed by atoms with Crippen molar-refractivity contribution in [1.29, 1.82) is 0 Å². The Labute approximate surface area is 109 Å². The first-order valence-corrected chi connectivity index (χ1v) is 6.78. The molecule has 3 heteroatoms. The molecule has 0 spiro atoms. The topological polar surface area (TPSA) is 17.1 Å². The summed E-state index contributed by atoms with van der Waals surface area (Å²) in [6.07, 6.45) is 4.62. The summed E-state index contributed by atoms with van der Waals surface area (Å²) < 4.78 is 1.00. The van der Waals surface area contributed by atoms with Crippen LogP contribution in [0.25, 0.3) is 0 Å². The van der Waals surface area contributed by atoms with Crippen LogP contribution in [-0.2, 0) is 11.2 Å². The number of ketones is 1. The molecule has 86 valence electrons. The van der Waals surface area contributed by atoms with E-state index < -0.39 is 0 Å². The van der Waals surface area contributed by atoms with Crippen LogP contribution in [-0.4, -0.2) is 5.78 Å². The summed E-state index contributed by atoms with van der Waals surface area (Å²) in [6.45, 7) is 0. The van der Waals surface area contributed by atoms with Crippen molar-refractivity contribution in [3.8, 4) is 0 Å². The molecular weight excluding hydrogens is 287 g/mol. The summed E-state index contributed by atoms with van der Waals surface area (Å²) in [5.74, 6) is 0.893. The fraction of sp³-hybridized carbons (Fsp3) is 0.462. The monoisotopic (exact) mass is 300 g/mol. The van der Waals surface area contributed by atoms with Crippen LogP contribution >= 0.6 is 27.5 Å². The Morgan fingerprint density at radius 1 is 1.44 bits per heavy atom. The molecule has 0 bridgehead atoms. The van der Waals surface area contributed by atoms with Crippen LogP contribution in [0.5, 0.6) is 0 Å². The molecule has 0 saturated heterocycles. The highest BCUT2D eigenvalue weighted by molar-refractivity contribution is 9.10. The maximum absolute atomic E-state index is 11.4. The van der Waals surface area contributed by atoms with E-state index in [1.54, 1.807) is 0 Å². The van der Waals surface area contributed by atoms with Gasteiger partial charge in [0.1, 0.15) is 5.78 Å². The highest BCUT2D eigenvalue weighted by atomic mass is 79.9. The van der Waals surface area contributed by atoms with Crippen molar-refractivity contribution >= 4 is 33.3 Å². The van der Waals surface area contributed by atoms with Gasteiger partial charge >= 0.3 is 0 Å². The molecule has 0 aliphatic heterocycles. The summed E-state index contributed by atoms with van der Waals surface area (Å²) in [5.41, 5.74) is 1.16. The lowest BCUT2D eigenvalue weighted by molar-refractivity contribution is -0.121. The summed E-state index contributed by atoms with van der Waals surface area (Å²) in [7, 11) is 0. The van der Waals surface area contributed by atoms with Crippen molar-refractivity contribution in [2.75, 3.05) is 0 Å². The number of rotatable bonds is 2. The van der Waals surface area contributed by atoms with Crippen LogP contribution in [0.3, 0.4) is 0 Å². The van der Waals surface area contributed by atoms with E-state index in [1.807, 2.05) is 18.2 Å². The first-order valence-electron chi connectivity index (χ1n) is 5.61. The average molecular weight is 302 g/mol. The van der Waals surface area contributed by atoms with E-state index in [0.29, 0.717) is 11.7 Å². The van der Waals surface area contributed by atoms with Gasteiger partial charge in [0.2, 0.25) is 0 Å². The zero-order valence-electron chi connectivity index (χ0n) is 9.01. The van der Waals surface area contributed by atoms with Gasteiger partial charge in [0.15, 0.2) is 0 Å². The van der Waals surface area contributed by atoms with Crippen molar-refractivity contribution in [3.05, 3.63) is 33.3 Å². The maximum atomic E-state index is 11.4. The van der Waals surface area contributed by atoms with Crippen LogP contribution in [0.4, 0.5) is 0 Å². The Morgan fingerprint density at radius 3 is 2.94 bits per heavy atom. The van der Waals surface area contributed by atoms with E-state index in [1.165, 1.54) is 0 Å². The molecule has 1 nitrogen and oxygen atoms in total. The SMILES string of the molecule is O=C1CCCC(Cc2ccc(Br)cc2Cl)C1. The van der Waals surface area contributed by atoms with Gasteiger partial charge in [-0.1, -0.05) is 33.6 Å². The number of hydrogen-bond acceptors (Lipinski definition) is 1. The smallest absolute Gasteiger partial charge is 0.133 e. The highest BCUT2D eigenvalue weighted by Crippen LogP contribution is 2.29. The molecule has 0 radical (unpaired) electrons. The van der Waals surface area contributed by atoms with Crippen LogP contribution in [0.15, 0.2) is 22.7 Å². The lowest BCUT2D eigenvalue weighted by Gasteiger charge is -2.21. The van der Waals surface area contributed by atoms with Crippen LogP contribution in [0.1, 0.15) is 31.2 Å². The van der Waals surface area contributed by atoms with Crippen molar-refractivity contribution in [2.45, 2.75) is 32.1 Å². The normalized spacial score (nSPS) is 21.1. The van der Waals surface area contributed by atoms with Gasteiger partial charge in [-0.05, 0) is 42.9 Å². The number of hydrogen-bond donors (Lipinski definition) is 0. The molecule has 0 heterocycles. The minimum Gasteiger partial charge on any atom is -0.300 e. The van der Waals surface area contributed by atoms with Gasteiger partial charge in [-0.25, -0.2) is 0 Å². The molecule has 1 saturated carbocycles. The molecule has 1 aromatic rings. The molecule has 1 aliphatic carbocycles. The van der Waals surface area contributed by atoms with E-state index in [0.717, 1.165) is 47.2 Å². The number of carbonyl (C=O) groups excluding carboxylic acids is 1. The van der Waals surface area contributed by atoms with Gasteiger partial charge < -0.3 is 0 Å². The lowest BCUT2D eigenvalue weighted by Crippen LogP contribution is -2.16. The lowest BCUT2D eigenvalue weighted by atomic mass is 9.84. The number of carbonyl (C=O) groups is 1. The molecule has 0 N–H and O–H groups in total. The molecule has 1 aromatic carbocycles. The molecule has 1 aliphatic rings. The Kier molecular flexibility index (Phi) is 4.04. The van der Waals surface area contributed by atoms with Crippen LogP contribution in [0.2, 0.25) is 5.02 Å². The number of Topliss-reactive ketones (excluding diaryl/α,β-unsaturated/α-hetero) is 1. The predicted molar refractivity (Wildman–Crippen MR) is 69.8 cm³/mol. The third kappa shape index (κ3) is 3.08. The first kappa shape index (κ1) is 12.1. The molecule has 16 heavy (non-hydrogen) atoms. The fourth-order valence-electron chi connectivity index (χ4n) is 2.29. The van der Waals surface area contributed by atoms with Crippen molar-refractivity contribution in [2.24, 2.45) is 5.92 Å². The first-order chi connectivity index (χ1) is 7.65. The third-order valence-corrected chi connectivity index (χ3v) is 3.95. The van der Waals surface area contributed by atoms with Gasteiger partial charge in [0.05, 0.1) is 0 Å². The van der Waals surface area contributed by atoms with Gasteiger partial charge in [0.25, 0.3) is 0 Å². The van der Waals surface area contributed by atoms with E-state index in [-0.39, 0.29) is 0 Å². The van der Waals surface area contributed by atoms with Crippen molar-refractivity contribution in [3.63, 3.8) is 0 Å². The van der Waals surface area contributed by atoms with Gasteiger partial charge in [-0.3, -0.25) is 4.79 Å². The Morgan fingerprint density at radius 2 is 2.25 bits per heavy atom. The molecular formula is C13H14BrClO. The molecule has 2 rings (SSSR count). The second kappa shape index (κ2) is 5.33. The largest absolute Gasteiger partial charge is 0.300 e. The Hall–Kier alpha value is -0.340. The van der Waals surface area contributed by atoms with E-state index in [2.05, 4.69) is 15.9 Å². The molecule has 1 atom stereocenters. The Bertz CT molecular complexity index is 403. The molecule has 1 unspecified atom stereocenters. The van der Waals surface area contributed by atoms with Gasteiger partial charge in [-0.2, -0.15) is 0 Å². The summed E-state index contributed by atoms with van der Waals surface area (Å²) >= 11 is 9.56. The predicted octanol–water partition coefficient (Wildman–Crippen LogP) is 4.40. The van der Waals surface area contributed by atoms with E-state index >= 15 is 0 Å². The van der Waals surface area contributed by atoms with E-state index in [4.69, 9.17) is 11.6 Å². The van der Waals surface area contributed by atoms with Crippen LogP contribution < -0.4 is 0 Å². The summed E-state index contributed by atoms with van der Waals surface area (Å²) in [4.78, 5) is 11.4. The van der Waals surface area contributed by atoms with Gasteiger partial charge in [-0.15, -0.1) is 0 Å². The molecule has 1 fully saturated rings. The third-order valence-electron chi connectivity index (χ3n) is 3.11. The van der Waals surface area contributed by atoms with E-state index in [9.17, 15) is 4.79 Å². The van der Waals surface area contributed by atoms with Crippen LogP contribution in [0, 0.1) is 5.92 Å². The number of halogens is 2. The molecule has 0 aromatic heterocycles. The maximum Gasteiger partial charge on any atom is 0.133 e. The summed E-state index contributed by atoms with van der Waals surface area (Å²) in [6, 6.07) is 5.97. The second-order valence-electron chi connectivity index (χ2n) is 4.44. The number of benzene rings is 1. The summed E-state index contributed by atoms with van der Waals surface area (Å²) in [5, 5.41) is 0.799. The second-order valence-corrected chi connectivity index (χ2v) is 5.76. The fourth-order valence-corrected chi connectivity index (χ4v) is 3.04. The van der Waals surface area contributed by atoms with Crippen molar-refractivity contribution < 1.29 is 4.79 Å². The average Bonchev–Trinajstić information content (AvgIpc) is 2.22. The minimum absolute atomic E-state index is 0.407. The zero-order chi connectivity index (χ0) is 11.5. The quantitative estimate of drug-likeness (QED) is 0.791. The van der Waals surface area contributed by atoms with Gasteiger partial charge in [0, 0.05) is 22.3 Å². The standard InChI is InChI=1S/C13H14BrClO/c14-11-5-4-10(13(15)8-11)6-9-2-1-3-12(16)7-9/h4-5,8-9H,1-3,6-7H2. The highest BCUT2D eigenvalue weighted by Gasteiger charge is 2.20. The molecule has 0 amide bonds. The van der Waals surface area contributed by atoms with Crippen molar-refractivity contribution in [1.82, 2.24) is 0 Å². The minimum atomic E-state index is 0.407. The Balaban J connectivity index is 2.05.